The number of hydrogen-bond donors (Lipinski definition) is 1. The zero-order valence-corrected chi connectivity index (χ0v) is 10.1. The van der Waals surface area contributed by atoms with E-state index in [9.17, 15) is 4.79 Å². The van der Waals surface area contributed by atoms with Crippen molar-refractivity contribution in [3.8, 4) is 0 Å². The molecule has 0 unspecified atom stereocenters. The van der Waals surface area contributed by atoms with Gasteiger partial charge in [0, 0.05) is 17.4 Å². The third-order valence-corrected chi connectivity index (χ3v) is 2.96. The Kier molecular flexibility index (Phi) is 5.23. The second-order valence-electron chi connectivity index (χ2n) is 4.00. The number of nitrogens with one attached hydrogen (secondary N) is 1. The first-order valence-corrected chi connectivity index (χ1v) is 6.08. The van der Waals surface area contributed by atoms with E-state index in [0.29, 0.717) is 18.9 Å². The van der Waals surface area contributed by atoms with Crippen LogP contribution in [0.5, 0.6) is 0 Å². The fourth-order valence-electron chi connectivity index (χ4n) is 1.92. The monoisotopic (exact) mass is 259 g/mol. The molecule has 0 aliphatic heterocycles. The number of hydrogen-bond acceptors (Lipinski definition) is 1. The van der Waals surface area contributed by atoms with Gasteiger partial charge in [0.05, 0.1) is 0 Å². The van der Waals surface area contributed by atoms with Crippen LogP contribution in [0.3, 0.4) is 0 Å². The molecule has 1 rings (SSSR count). The van der Waals surface area contributed by atoms with Crippen LogP contribution in [0.4, 0.5) is 0 Å². The molecule has 0 atom stereocenters. The van der Waals surface area contributed by atoms with Crippen LogP contribution >= 0.6 is 15.9 Å². The highest BCUT2D eigenvalue weighted by molar-refractivity contribution is 9.11. The predicted octanol–water partition coefficient (Wildman–Crippen LogP) is 2.98. The number of carbonyl (C=O) groups excluding carboxylic acids is 1. The van der Waals surface area contributed by atoms with Crippen molar-refractivity contribution in [2.45, 2.75) is 38.5 Å². The Morgan fingerprint density at radius 1 is 1.36 bits per heavy atom. The van der Waals surface area contributed by atoms with Gasteiger partial charge in [-0.05, 0) is 18.8 Å². The van der Waals surface area contributed by atoms with Crippen molar-refractivity contribution in [3.63, 3.8) is 0 Å². The van der Waals surface area contributed by atoms with Crippen molar-refractivity contribution < 1.29 is 4.79 Å². The number of rotatable bonds is 4. The summed E-state index contributed by atoms with van der Waals surface area (Å²) in [5.74, 6) is 0.782. The molecule has 14 heavy (non-hydrogen) atoms. The van der Waals surface area contributed by atoms with Gasteiger partial charge in [-0.15, -0.1) is 0 Å². The third kappa shape index (κ3) is 4.80. The Bertz CT molecular complexity index is 209. The third-order valence-electron chi connectivity index (χ3n) is 2.68. The van der Waals surface area contributed by atoms with Gasteiger partial charge in [0.1, 0.15) is 0 Å². The van der Waals surface area contributed by atoms with Gasteiger partial charge in [-0.3, -0.25) is 4.79 Å². The second kappa shape index (κ2) is 6.23. The van der Waals surface area contributed by atoms with E-state index >= 15 is 0 Å². The molecule has 1 N–H and O–H groups in total. The molecule has 1 aliphatic rings. The SMILES string of the molecule is C=C(Br)CNC(=O)CC1CCCCC1. The summed E-state index contributed by atoms with van der Waals surface area (Å²) in [7, 11) is 0. The summed E-state index contributed by atoms with van der Waals surface area (Å²) in [4.78, 5) is 11.4. The van der Waals surface area contributed by atoms with Crippen molar-refractivity contribution in [1.82, 2.24) is 5.32 Å². The average Bonchev–Trinajstić information content (AvgIpc) is 2.16. The average molecular weight is 260 g/mol. The maximum Gasteiger partial charge on any atom is 0.220 e. The van der Waals surface area contributed by atoms with Gasteiger partial charge in [-0.2, -0.15) is 0 Å². The summed E-state index contributed by atoms with van der Waals surface area (Å²) in [6.45, 7) is 4.22. The topological polar surface area (TPSA) is 29.1 Å². The minimum Gasteiger partial charge on any atom is -0.352 e. The molecule has 0 spiro atoms. The number of halogens is 1. The zero-order valence-electron chi connectivity index (χ0n) is 8.52. The van der Waals surface area contributed by atoms with Crippen LogP contribution in [0.15, 0.2) is 11.1 Å². The van der Waals surface area contributed by atoms with Gasteiger partial charge in [0.2, 0.25) is 5.91 Å². The highest BCUT2D eigenvalue weighted by Crippen LogP contribution is 2.25. The summed E-state index contributed by atoms with van der Waals surface area (Å²) in [5.41, 5.74) is 0. The summed E-state index contributed by atoms with van der Waals surface area (Å²) in [6.07, 6.45) is 7.08. The lowest BCUT2D eigenvalue weighted by atomic mass is 9.87. The van der Waals surface area contributed by atoms with E-state index in [-0.39, 0.29) is 5.91 Å². The van der Waals surface area contributed by atoms with E-state index in [0.717, 1.165) is 4.48 Å². The highest BCUT2D eigenvalue weighted by Gasteiger charge is 2.16. The Balaban J connectivity index is 2.15. The summed E-state index contributed by atoms with van der Waals surface area (Å²) in [5, 5.41) is 2.84. The van der Waals surface area contributed by atoms with Crippen molar-refractivity contribution in [1.29, 1.82) is 0 Å². The Labute approximate surface area is 94.3 Å². The maximum absolute atomic E-state index is 11.4. The predicted molar refractivity (Wildman–Crippen MR) is 62.3 cm³/mol. The minimum absolute atomic E-state index is 0.164. The molecule has 0 aromatic rings. The van der Waals surface area contributed by atoms with Crippen LogP contribution in [-0.4, -0.2) is 12.5 Å². The molecule has 1 fully saturated rings. The van der Waals surface area contributed by atoms with Gasteiger partial charge < -0.3 is 5.32 Å². The molecule has 0 aromatic heterocycles. The highest BCUT2D eigenvalue weighted by atomic mass is 79.9. The fourth-order valence-corrected chi connectivity index (χ4v) is 2.06. The van der Waals surface area contributed by atoms with Gasteiger partial charge in [0.15, 0.2) is 0 Å². The molecule has 0 aromatic carbocycles. The van der Waals surface area contributed by atoms with Crippen LogP contribution in [0.2, 0.25) is 0 Å². The van der Waals surface area contributed by atoms with Gasteiger partial charge in [-0.1, -0.05) is 41.8 Å². The largest absolute Gasteiger partial charge is 0.352 e. The van der Waals surface area contributed by atoms with E-state index in [4.69, 9.17) is 0 Å². The standard InChI is InChI=1S/C11H18BrNO/c1-9(12)8-13-11(14)7-10-5-3-2-4-6-10/h10H,1-8H2,(H,13,14). The Hall–Kier alpha value is -0.310. The van der Waals surface area contributed by atoms with Gasteiger partial charge in [-0.25, -0.2) is 0 Å². The van der Waals surface area contributed by atoms with Crippen molar-refractivity contribution >= 4 is 21.8 Å². The van der Waals surface area contributed by atoms with Crippen molar-refractivity contribution in [2.24, 2.45) is 5.92 Å². The summed E-state index contributed by atoms with van der Waals surface area (Å²) < 4.78 is 0.828. The Morgan fingerprint density at radius 2 is 2.00 bits per heavy atom. The number of carbonyl (C=O) groups is 1. The van der Waals surface area contributed by atoms with E-state index in [1.807, 2.05) is 0 Å². The normalized spacial score (nSPS) is 17.8. The van der Waals surface area contributed by atoms with Crippen LogP contribution in [0.25, 0.3) is 0 Å². The van der Waals surface area contributed by atoms with E-state index in [1.165, 1.54) is 32.1 Å². The maximum atomic E-state index is 11.4. The molecule has 2 nitrogen and oxygen atoms in total. The first kappa shape index (κ1) is 11.8. The molecular weight excluding hydrogens is 242 g/mol. The van der Waals surface area contributed by atoms with Crippen molar-refractivity contribution in [3.05, 3.63) is 11.1 Å². The zero-order chi connectivity index (χ0) is 10.4. The molecule has 0 heterocycles. The van der Waals surface area contributed by atoms with E-state index < -0.39 is 0 Å². The lowest BCUT2D eigenvalue weighted by molar-refractivity contribution is -0.122. The first-order valence-electron chi connectivity index (χ1n) is 5.28. The minimum atomic E-state index is 0.164. The Morgan fingerprint density at radius 3 is 2.57 bits per heavy atom. The molecule has 1 amide bonds. The molecular formula is C11H18BrNO. The smallest absolute Gasteiger partial charge is 0.220 e. The van der Waals surface area contributed by atoms with E-state index in [1.54, 1.807) is 0 Å². The van der Waals surface area contributed by atoms with Crippen LogP contribution < -0.4 is 5.32 Å². The second-order valence-corrected chi connectivity index (χ2v) is 5.12. The quantitative estimate of drug-likeness (QED) is 0.827. The van der Waals surface area contributed by atoms with Crippen molar-refractivity contribution in [2.75, 3.05) is 6.54 Å². The molecule has 1 saturated carbocycles. The first-order chi connectivity index (χ1) is 6.68. The van der Waals surface area contributed by atoms with Gasteiger partial charge >= 0.3 is 0 Å². The van der Waals surface area contributed by atoms with Crippen LogP contribution in [0, 0.1) is 5.92 Å². The van der Waals surface area contributed by atoms with Crippen LogP contribution in [-0.2, 0) is 4.79 Å². The van der Waals surface area contributed by atoms with Gasteiger partial charge in [0.25, 0.3) is 0 Å². The lowest BCUT2D eigenvalue weighted by Crippen LogP contribution is -2.27. The molecule has 0 radical (unpaired) electrons. The summed E-state index contributed by atoms with van der Waals surface area (Å²) in [6, 6.07) is 0. The summed E-state index contributed by atoms with van der Waals surface area (Å²) >= 11 is 3.22. The van der Waals surface area contributed by atoms with Crippen LogP contribution in [0.1, 0.15) is 38.5 Å². The molecule has 80 valence electrons. The fraction of sp³-hybridized carbons (Fsp3) is 0.727. The number of amides is 1. The molecule has 3 heteroatoms. The van der Waals surface area contributed by atoms with E-state index in [2.05, 4.69) is 27.8 Å². The molecule has 1 aliphatic carbocycles. The lowest BCUT2D eigenvalue weighted by Gasteiger charge is -2.20. The molecule has 0 saturated heterocycles. The molecule has 0 bridgehead atoms.